The van der Waals surface area contributed by atoms with Gasteiger partial charge in [-0.3, -0.25) is 14.7 Å². The molecule has 0 saturated carbocycles. The van der Waals surface area contributed by atoms with Crippen molar-refractivity contribution in [1.82, 2.24) is 19.4 Å². The third kappa shape index (κ3) is 6.06. The zero-order valence-electron chi connectivity index (χ0n) is 20.0. The molecule has 0 unspecified atom stereocenters. The minimum atomic E-state index is -0.0137. The first-order valence-electron chi connectivity index (χ1n) is 12.0. The maximum Gasteiger partial charge on any atom is 0.197 e. The Bertz CT molecular complexity index is 1430. The van der Waals surface area contributed by atoms with E-state index < -0.39 is 0 Å². The molecule has 0 fully saturated rings. The van der Waals surface area contributed by atoms with Gasteiger partial charge in [0.2, 0.25) is 0 Å². The number of pyridine rings is 1. The third-order valence-electron chi connectivity index (χ3n) is 6.07. The fourth-order valence-corrected chi connectivity index (χ4v) is 4.19. The molecule has 3 heterocycles. The second kappa shape index (κ2) is 11.5. The second-order valence-corrected chi connectivity index (χ2v) is 8.74. The van der Waals surface area contributed by atoms with E-state index in [4.69, 9.17) is 9.15 Å². The van der Waals surface area contributed by atoms with Crippen molar-refractivity contribution in [2.75, 3.05) is 6.54 Å². The van der Waals surface area contributed by atoms with Crippen LogP contribution in [-0.4, -0.2) is 26.0 Å². The zero-order chi connectivity index (χ0) is 24.6. The van der Waals surface area contributed by atoms with E-state index in [-0.39, 0.29) is 5.43 Å². The van der Waals surface area contributed by atoms with Crippen LogP contribution in [0.25, 0.3) is 11.0 Å². The molecule has 36 heavy (non-hydrogen) atoms. The summed E-state index contributed by atoms with van der Waals surface area (Å²) in [6.45, 7) is 3.36. The first-order chi connectivity index (χ1) is 17.7. The van der Waals surface area contributed by atoms with Gasteiger partial charge in [0.05, 0.1) is 18.0 Å². The van der Waals surface area contributed by atoms with Crippen molar-refractivity contribution in [3.8, 4) is 5.75 Å². The van der Waals surface area contributed by atoms with Crippen LogP contribution in [0, 0.1) is 0 Å². The average molecular weight is 481 g/mol. The van der Waals surface area contributed by atoms with Gasteiger partial charge in [-0.25, -0.2) is 4.98 Å². The Morgan fingerprint density at radius 1 is 0.917 bits per heavy atom. The van der Waals surface area contributed by atoms with Crippen LogP contribution in [0.1, 0.15) is 23.1 Å². The number of rotatable bonds is 11. The summed E-state index contributed by atoms with van der Waals surface area (Å²) in [5.74, 6) is 0.668. The second-order valence-electron chi connectivity index (χ2n) is 8.74. The Morgan fingerprint density at radius 3 is 2.58 bits per heavy atom. The third-order valence-corrected chi connectivity index (χ3v) is 6.07. The lowest BCUT2D eigenvalue weighted by Crippen LogP contribution is -2.27. The monoisotopic (exact) mass is 480 g/mol. The molecule has 3 aromatic heterocycles. The van der Waals surface area contributed by atoms with E-state index in [9.17, 15) is 4.79 Å². The molecule has 0 N–H and O–H groups in total. The van der Waals surface area contributed by atoms with Gasteiger partial charge in [-0.1, -0.05) is 30.3 Å². The summed E-state index contributed by atoms with van der Waals surface area (Å²) >= 11 is 0. The summed E-state index contributed by atoms with van der Waals surface area (Å²) < 4.78 is 13.9. The molecule has 5 aromatic rings. The molecule has 7 heteroatoms. The first-order valence-corrected chi connectivity index (χ1v) is 12.0. The summed E-state index contributed by atoms with van der Waals surface area (Å²) in [6.07, 6.45) is 11.7. The van der Waals surface area contributed by atoms with Crippen molar-refractivity contribution < 1.29 is 9.15 Å². The van der Waals surface area contributed by atoms with E-state index in [1.165, 1.54) is 0 Å². The van der Waals surface area contributed by atoms with E-state index in [1.807, 2.05) is 61.1 Å². The number of aryl methyl sites for hydroxylation is 1. The van der Waals surface area contributed by atoms with Gasteiger partial charge >= 0.3 is 0 Å². The molecule has 0 aliphatic carbocycles. The molecule has 0 bridgehead atoms. The van der Waals surface area contributed by atoms with Crippen LogP contribution in [0.3, 0.4) is 0 Å². The number of fused-ring (bicyclic) bond motifs is 1. The number of benzene rings is 2. The largest absolute Gasteiger partial charge is 0.489 e. The van der Waals surface area contributed by atoms with E-state index in [0.717, 1.165) is 37.2 Å². The SMILES string of the molecule is O=c1c(CN(CCCn2ccnc2)Cc2ccncc2)coc2cc(OCc3ccccc3)ccc12. The van der Waals surface area contributed by atoms with E-state index in [0.29, 0.717) is 35.4 Å². The molecular weight excluding hydrogens is 452 g/mol. The maximum absolute atomic E-state index is 13.3. The lowest BCUT2D eigenvalue weighted by molar-refractivity contribution is 0.246. The molecule has 0 saturated heterocycles. The average Bonchev–Trinajstić information content (AvgIpc) is 3.44. The predicted molar refractivity (Wildman–Crippen MR) is 138 cm³/mol. The summed E-state index contributed by atoms with van der Waals surface area (Å²) in [4.78, 5) is 23.8. The highest BCUT2D eigenvalue weighted by Crippen LogP contribution is 2.21. The van der Waals surface area contributed by atoms with E-state index in [2.05, 4.69) is 19.4 Å². The van der Waals surface area contributed by atoms with Crippen molar-refractivity contribution in [2.24, 2.45) is 0 Å². The summed E-state index contributed by atoms with van der Waals surface area (Å²) in [5, 5.41) is 0.557. The van der Waals surface area contributed by atoms with Crippen molar-refractivity contribution in [1.29, 1.82) is 0 Å². The Hall–Kier alpha value is -4.23. The van der Waals surface area contributed by atoms with Gasteiger partial charge in [-0.2, -0.15) is 0 Å². The highest BCUT2D eigenvalue weighted by Gasteiger charge is 2.13. The number of aromatic nitrogens is 3. The van der Waals surface area contributed by atoms with Gasteiger partial charge in [-0.15, -0.1) is 0 Å². The Balaban J connectivity index is 1.30. The van der Waals surface area contributed by atoms with E-state index >= 15 is 0 Å². The van der Waals surface area contributed by atoms with Crippen LogP contribution in [-0.2, 0) is 26.2 Å². The highest BCUT2D eigenvalue weighted by atomic mass is 16.5. The quantitative estimate of drug-likeness (QED) is 0.263. The molecule has 182 valence electrons. The summed E-state index contributed by atoms with van der Waals surface area (Å²) in [7, 11) is 0. The van der Waals surface area contributed by atoms with Crippen LogP contribution in [0.5, 0.6) is 5.75 Å². The smallest absolute Gasteiger partial charge is 0.197 e. The van der Waals surface area contributed by atoms with Crippen LogP contribution < -0.4 is 10.2 Å². The molecule has 0 aliphatic heterocycles. The number of imidazole rings is 1. The van der Waals surface area contributed by atoms with Crippen LogP contribution in [0.2, 0.25) is 0 Å². The standard InChI is InChI=1S/C29H28N4O3/c34-29-25(19-33(18-23-9-11-30-12-10-23)15-4-14-32-16-13-31-22-32)21-36-28-17-26(7-8-27(28)29)35-20-24-5-2-1-3-6-24/h1-3,5-13,16-17,21-22H,4,14-15,18-20H2. The Kier molecular flexibility index (Phi) is 7.49. The number of nitrogens with zero attached hydrogens (tertiary/aromatic N) is 4. The molecular formula is C29H28N4O3. The van der Waals surface area contributed by atoms with Gasteiger partial charge in [-0.05, 0) is 41.8 Å². The zero-order valence-corrected chi connectivity index (χ0v) is 20.0. The lowest BCUT2D eigenvalue weighted by atomic mass is 10.1. The normalized spacial score (nSPS) is 11.2. The molecule has 0 aliphatic rings. The molecule has 0 spiro atoms. The first kappa shape index (κ1) is 23.5. The van der Waals surface area contributed by atoms with Crippen LogP contribution >= 0.6 is 0 Å². The molecule has 5 rings (SSSR count). The lowest BCUT2D eigenvalue weighted by Gasteiger charge is -2.22. The minimum absolute atomic E-state index is 0.0137. The van der Waals surface area contributed by atoms with E-state index in [1.54, 1.807) is 37.0 Å². The van der Waals surface area contributed by atoms with Crippen molar-refractivity contribution in [3.05, 3.63) is 125 Å². The number of ether oxygens (including phenoxy) is 1. The number of hydrogen-bond donors (Lipinski definition) is 0. The minimum Gasteiger partial charge on any atom is -0.489 e. The molecule has 0 radical (unpaired) electrons. The fraction of sp³-hybridized carbons (Fsp3) is 0.207. The predicted octanol–water partition coefficient (Wildman–Crippen LogP) is 5.06. The Labute approximate surface area is 209 Å². The van der Waals surface area contributed by atoms with Crippen molar-refractivity contribution >= 4 is 11.0 Å². The van der Waals surface area contributed by atoms with Gasteiger partial charge in [0.25, 0.3) is 0 Å². The van der Waals surface area contributed by atoms with Gasteiger partial charge < -0.3 is 13.7 Å². The van der Waals surface area contributed by atoms with Gasteiger partial charge in [0, 0.05) is 62.6 Å². The summed E-state index contributed by atoms with van der Waals surface area (Å²) in [5.41, 5.74) is 3.38. The fourth-order valence-electron chi connectivity index (χ4n) is 4.19. The molecule has 0 atom stereocenters. The number of hydrogen-bond acceptors (Lipinski definition) is 6. The topological polar surface area (TPSA) is 73.4 Å². The van der Waals surface area contributed by atoms with Crippen LogP contribution in [0.15, 0.2) is 107 Å². The van der Waals surface area contributed by atoms with Crippen molar-refractivity contribution in [2.45, 2.75) is 32.7 Å². The molecule has 0 amide bonds. The Morgan fingerprint density at radius 2 is 1.78 bits per heavy atom. The summed E-state index contributed by atoms with van der Waals surface area (Å²) in [6, 6.07) is 19.4. The molecule has 7 nitrogen and oxygen atoms in total. The highest BCUT2D eigenvalue weighted by molar-refractivity contribution is 5.78. The van der Waals surface area contributed by atoms with Crippen LogP contribution in [0.4, 0.5) is 0 Å². The maximum atomic E-state index is 13.3. The molecule has 2 aromatic carbocycles. The van der Waals surface area contributed by atoms with Gasteiger partial charge in [0.15, 0.2) is 5.43 Å². The van der Waals surface area contributed by atoms with Crippen molar-refractivity contribution in [3.63, 3.8) is 0 Å². The van der Waals surface area contributed by atoms with Gasteiger partial charge in [0.1, 0.15) is 17.9 Å².